The van der Waals surface area contributed by atoms with Gasteiger partial charge in [-0.1, -0.05) is 18.2 Å². The second-order valence-corrected chi connectivity index (χ2v) is 4.53. The molecule has 0 radical (unpaired) electrons. The first-order valence-electron chi connectivity index (χ1n) is 6.04. The van der Waals surface area contributed by atoms with E-state index in [-0.39, 0.29) is 6.07 Å². The fourth-order valence-electron chi connectivity index (χ4n) is 2.05. The van der Waals surface area contributed by atoms with Crippen LogP contribution in [0.15, 0.2) is 42.5 Å². The molecular weight excluding hydrogens is 328 g/mol. The van der Waals surface area contributed by atoms with Crippen molar-refractivity contribution in [3.05, 3.63) is 63.7 Å². The topological polar surface area (TPSA) is 43.1 Å². The van der Waals surface area contributed by atoms with Crippen LogP contribution in [-0.4, -0.2) is 4.92 Å². The number of nitro benzene ring substituents is 1. The molecule has 122 valence electrons. The third kappa shape index (κ3) is 3.43. The molecule has 0 bridgehead atoms. The molecule has 0 aliphatic heterocycles. The predicted octanol–water partition coefficient (Wildman–Crippen LogP) is 5.30. The summed E-state index contributed by atoms with van der Waals surface area (Å²) in [5, 5.41) is 11.0. The summed E-state index contributed by atoms with van der Waals surface area (Å²) in [5.74, 6) is 0. The number of alkyl halides is 6. The zero-order chi connectivity index (χ0) is 17.4. The highest BCUT2D eigenvalue weighted by Crippen LogP contribution is 2.42. The molecule has 0 unspecified atom stereocenters. The van der Waals surface area contributed by atoms with Gasteiger partial charge in [-0.15, -0.1) is 0 Å². The zero-order valence-electron chi connectivity index (χ0n) is 11.1. The van der Waals surface area contributed by atoms with Crippen molar-refractivity contribution in [2.45, 2.75) is 12.4 Å². The van der Waals surface area contributed by atoms with E-state index >= 15 is 0 Å². The van der Waals surface area contributed by atoms with Gasteiger partial charge in [0.05, 0.1) is 21.6 Å². The molecule has 2 aromatic carbocycles. The van der Waals surface area contributed by atoms with Crippen LogP contribution in [0, 0.1) is 10.1 Å². The number of rotatable bonds is 2. The lowest BCUT2D eigenvalue weighted by atomic mass is 9.96. The van der Waals surface area contributed by atoms with Crippen molar-refractivity contribution in [2.24, 2.45) is 0 Å². The molecule has 0 heterocycles. The van der Waals surface area contributed by atoms with E-state index in [1.165, 1.54) is 6.07 Å². The third-order valence-corrected chi connectivity index (χ3v) is 3.04. The van der Waals surface area contributed by atoms with Crippen LogP contribution < -0.4 is 0 Å². The van der Waals surface area contributed by atoms with Gasteiger partial charge in [0.2, 0.25) is 0 Å². The summed E-state index contributed by atoms with van der Waals surface area (Å²) in [7, 11) is 0. The average molecular weight is 335 g/mol. The highest BCUT2D eigenvalue weighted by molar-refractivity contribution is 5.77. The number of hydrogen-bond acceptors (Lipinski definition) is 2. The lowest BCUT2D eigenvalue weighted by molar-refractivity contribution is -0.384. The van der Waals surface area contributed by atoms with Crippen LogP contribution in [0.2, 0.25) is 0 Å². The monoisotopic (exact) mass is 335 g/mol. The second kappa shape index (κ2) is 5.56. The molecule has 0 saturated heterocycles. The first-order valence-corrected chi connectivity index (χ1v) is 6.04. The van der Waals surface area contributed by atoms with Crippen molar-refractivity contribution in [2.75, 3.05) is 0 Å². The minimum atomic E-state index is -4.84. The Morgan fingerprint density at radius 3 is 1.96 bits per heavy atom. The van der Waals surface area contributed by atoms with Crippen LogP contribution in [0.1, 0.15) is 11.1 Å². The maximum absolute atomic E-state index is 13.0. The van der Waals surface area contributed by atoms with Crippen molar-refractivity contribution in [1.29, 1.82) is 0 Å². The number of nitrogens with zero attached hydrogens (tertiary/aromatic N) is 1. The molecule has 0 aromatic heterocycles. The van der Waals surface area contributed by atoms with Gasteiger partial charge < -0.3 is 0 Å². The zero-order valence-corrected chi connectivity index (χ0v) is 11.1. The number of halogens is 6. The van der Waals surface area contributed by atoms with Crippen LogP contribution in [0.5, 0.6) is 0 Å². The minimum absolute atomic E-state index is 0.225. The van der Waals surface area contributed by atoms with Gasteiger partial charge in [-0.3, -0.25) is 10.1 Å². The Bertz CT molecular complexity index is 752. The molecule has 0 atom stereocenters. The van der Waals surface area contributed by atoms with E-state index in [1.807, 2.05) is 0 Å². The van der Waals surface area contributed by atoms with Crippen molar-refractivity contribution in [3.8, 4) is 11.1 Å². The molecule has 0 amide bonds. The number of benzene rings is 2. The SMILES string of the molecule is O=[N+]([O-])c1cc(C(F)(F)F)ccc1-c1ccccc1C(F)(F)F. The Balaban J connectivity index is 2.73. The molecule has 0 aliphatic carbocycles. The molecule has 0 N–H and O–H groups in total. The van der Waals surface area contributed by atoms with Crippen LogP contribution in [0.3, 0.4) is 0 Å². The number of nitro groups is 1. The Kier molecular flexibility index (Phi) is 4.06. The quantitative estimate of drug-likeness (QED) is 0.425. The van der Waals surface area contributed by atoms with Gasteiger partial charge in [-0.25, -0.2) is 0 Å². The highest BCUT2D eigenvalue weighted by atomic mass is 19.4. The first kappa shape index (κ1) is 16.8. The summed E-state index contributed by atoms with van der Waals surface area (Å²) in [5.41, 5.74) is -4.60. The fourth-order valence-corrected chi connectivity index (χ4v) is 2.05. The third-order valence-electron chi connectivity index (χ3n) is 3.04. The van der Waals surface area contributed by atoms with Gasteiger partial charge in [0.15, 0.2) is 0 Å². The normalized spacial score (nSPS) is 12.3. The molecule has 0 fully saturated rings. The Labute approximate surface area is 125 Å². The molecule has 3 nitrogen and oxygen atoms in total. The molecule has 0 spiro atoms. The van der Waals surface area contributed by atoms with Gasteiger partial charge in [0.25, 0.3) is 5.69 Å². The summed E-state index contributed by atoms with van der Waals surface area (Å²) in [6.07, 6.45) is -9.64. The Morgan fingerprint density at radius 1 is 0.826 bits per heavy atom. The van der Waals surface area contributed by atoms with Crippen molar-refractivity contribution < 1.29 is 31.3 Å². The smallest absolute Gasteiger partial charge is 0.258 e. The van der Waals surface area contributed by atoms with Crippen molar-refractivity contribution in [3.63, 3.8) is 0 Å². The van der Waals surface area contributed by atoms with Gasteiger partial charge in [0.1, 0.15) is 0 Å². The van der Waals surface area contributed by atoms with E-state index in [4.69, 9.17) is 0 Å². The van der Waals surface area contributed by atoms with Crippen LogP contribution in [0.25, 0.3) is 11.1 Å². The predicted molar refractivity (Wildman–Crippen MR) is 68.5 cm³/mol. The highest BCUT2D eigenvalue weighted by Gasteiger charge is 2.37. The number of hydrogen-bond donors (Lipinski definition) is 0. The van der Waals surface area contributed by atoms with Gasteiger partial charge >= 0.3 is 12.4 Å². The second-order valence-electron chi connectivity index (χ2n) is 4.53. The maximum Gasteiger partial charge on any atom is 0.417 e. The van der Waals surface area contributed by atoms with Crippen LogP contribution in [0.4, 0.5) is 32.0 Å². The average Bonchev–Trinajstić information content (AvgIpc) is 2.44. The molecular formula is C14H7F6NO2. The first-order chi connectivity index (χ1) is 10.5. The maximum atomic E-state index is 13.0. The molecule has 2 aromatic rings. The van der Waals surface area contributed by atoms with Gasteiger partial charge in [-0.05, 0) is 18.2 Å². The fraction of sp³-hybridized carbons (Fsp3) is 0.143. The van der Waals surface area contributed by atoms with E-state index in [1.54, 1.807) is 0 Å². The van der Waals surface area contributed by atoms with Crippen LogP contribution >= 0.6 is 0 Å². The minimum Gasteiger partial charge on any atom is -0.258 e. The van der Waals surface area contributed by atoms with E-state index in [0.29, 0.717) is 18.2 Å². The standard InChI is InChI=1S/C14H7F6NO2/c15-13(16,17)8-5-6-10(12(7-8)21(22)23)9-3-1-2-4-11(9)14(18,19)20/h1-7H. The van der Waals surface area contributed by atoms with Crippen molar-refractivity contribution >= 4 is 5.69 Å². The summed E-state index contributed by atoms with van der Waals surface area (Å²) in [4.78, 5) is 9.85. The summed E-state index contributed by atoms with van der Waals surface area (Å²) < 4.78 is 76.9. The van der Waals surface area contributed by atoms with E-state index in [2.05, 4.69) is 0 Å². The van der Waals surface area contributed by atoms with E-state index in [9.17, 15) is 36.5 Å². The van der Waals surface area contributed by atoms with E-state index in [0.717, 1.165) is 12.1 Å². The molecule has 2 rings (SSSR count). The summed E-state index contributed by atoms with van der Waals surface area (Å²) in [6, 6.07) is 5.38. The lowest BCUT2D eigenvalue weighted by Gasteiger charge is -2.14. The van der Waals surface area contributed by atoms with E-state index < -0.39 is 45.2 Å². The summed E-state index contributed by atoms with van der Waals surface area (Å²) >= 11 is 0. The largest absolute Gasteiger partial charge is 0.417 e. The van der Waals surface area contributed by atoms with Crippen LogP contribution in [-0.2, 0) is 12.4 Å². The van der Waals surface area contributed by atoms with Crippen molar-refractivity contribution in [1.82, 2.24) is 0 Å². The van der Waals surface area contributed by atoms with Gasteiger partial charge in [-0.2, -0.15) is 26.3 Å². The molecule has 0 aliphatic rings. The molecule has 0 saturated carbocycles. The van der Waals surface area contributed by atoms with Gasteiger partial charge in [0, 0.05) is 11.6 Å². The Hall–Kier alpha value is -2.58. The Morgan fingerprint density at radius 2 is 1.43 bits per heavy atom. The summed E-state index contributed by atoms with van der Waals surface area (Å²) in [6.45, 7) is 0. The lowest BCUT2D eigenvalue weighted by Crippen LogP contribution is -2.09. The molecule has 23 heavy (non-hydrogen) atoms. The molecule has 9 heteroatoms.